The monoisotopic (exact) mass is 1260 g/mol. The number of ether oxygens (including phenoxy) is 1. The Morgan fingerprint density at radius 2 is 0.755 bits per heavy atom. The summed E-state index contributed by atoms with van der Waals surface area (Å²) in [6, 6.07) is 112. The van der Waals surface area contributed by atoms with Crippen LogP contribution in [0.1, 0.15) is 15.9 Å². The zero-order valence-corrected chi connectivity index (χ0v) is 52.8. The van der Waals surface area contributed by atoms with Gasteiger partial charge in [0.05, 0.1) is 22.3 Å². The molecule has 0 saturated heterocycles. The van der Waals surface area contributed by atoms with Crippen LogP contribution in [0.2, 0.25) is 0 Å². The van der Waals surface area contributed by atoms with Crippen molar-refractivity contribution in [3.8, 4) is 85.1 Å². The maximum absolute atomic E-state index is 13.9. The number of anilines is 6. The lowest BCUT2D eigenvalue weighted by molar-refractivity contribution is 0.0473. The van der Waals surface area contributed by atoms with Crippen molar-refractivity contribution in [3.05, 3.63) is 339 Å². The number of carbonyl (C=O) groups is 1. The number of aromatic nitrogens is 7. The van der Waals surface area contributed by atoms with E-state index >= 15 is 0 Å². The number of carbonyl (C=O) groups excluding carboxylic acids is 1. The van der Waals surface area contributed by atoms with Gasteiger partial charge in [0.15, 0.2) is 34.9 Å². The highest BCUT2D eigenvalue weighted by Gasteiger charge is 2.43. The SMILES string of the molecule is O=C(OCc1ccccc1)c1ccc2c(c1)c1ccccc1n2-c1ccc(-c2nc(-c3ccccc3)nc(-c3ccccc3)n2)cc1-c1nc(-c2ccccc2)nc(-c2cccc(-c3ccc(N4c5ccccc5B5c6ccccc6N(c6ccccc6)c6cccc4c65)cc3)c2)n1. The quantitative estimate of drug-likeness (QED) is 0.0816. The Morgan fingerprint density at radius 3 is 1.36 bits per heavy atom. The van der Waals surface area contributed by atoms with Gasteiger partial charge >= 0.3 is 5.97 Å². The Balaban J connectivity index is 0.776. The van der Waals surface area contributed by atoms with Gasteiger partial charge in [0.1, 0.15) is 6.61 Å². The second-order valence-corrected chi connectivity index (χ2v) is 24.5. The molecule has 0 aliphatic carbocycles. The van der Waals surface area contributed by atoms with Gasteiger partial charge in [-0.15, -0.1) is 0 Å². The Kier molecular flexibility index (Phi) is 14.2. The molecule has 12 heteroatoms. The van der Waals surface area contributed by atoms with Crippen molar-refractivity contribution in [2.45, 2.75) is 6.61 Å². The average molecular weight is 1260 g/mol. The summed E-state index contributed by atoms with van der Waals surface area (Å²) in [4.78, 5) is 50.5. The van der Waals surface area contributed by atoms with E-state index in [0.29, 0.717) is 46.1 Å². The van der Waals surface area contributed by atoms with Crippen LogP contribution in [0.5, 0.6) is 0 Å². The molecule has 98 heavy (non-hydrogen) atoms. The fourth-order valence-electron chi connectivity index (χ4n) is 14.1. The minimum absolute atomic E-state index is 0.0456. The number of esters is 1. The first-order valence-electron chi connectivity index (χ1n) is 32.8. The lowest BCUT2D eigenvalue weighted by Crippen LogP contribution is -2.61. The Morgan fingerprint density at radius 1 is 0.316 bits per heavy atom. The van der Waals surface area contributed by atoms with Crippen molar-refractivity contribution < 1.29 is 9.53 Å². The summed E-state index contributed by atoms with van der Waals surface area (Å²) in [5.41, 5.74) is 21.4. The van der Waals surface area contributed by atoms with E-state index in [0.717, 1.165) is 94.8 Å². The molecule has 0 radical (unpaired) electrons. The van der Waals surface area contributed by atoms with Crippen LogP contribution < -0.4 is 26.2 Å². The van der Waals surface area contributed by atoms with E-state index in [9.17, 15) is 4.79 Å². The molecule has 0 saturated carbocycles. The molecule has 0 bridgehead atoms. The van der Waals surface area contributed by atoms with Crippen LogP contribution >= 0.6 is 0 Å². The molecule has 0 atom stereocenters. The number of rotatable bonds is 13. The number of hydrogen-bond acceptors (Lipinski definition) is 10. The summed E-state index contributed by atoms with van der Waals surface area (Å²) in [6.45, 7) is 0.202. The standard InChI is InChI=1S/C86H56BN9O2/c97-86(98-55-56-24-6-1-7-25-56)64-47-51-73-68(54-64)67-36-16-19-39-72(67)96(73)74-50-46-63(84-89-80(58-26-8-2-9-27-58)88-81(90-84)59-28-10-3-11-29-59)53-69(74)85-92-82(60-30-12-4-13-31-60)91-83(93-85)62-33-22-32-61(52-62)57-44-48-66(49-45-57)95-76-41-21-18-38-71(76)87-70-37-17-20-40-75(70)94(65-34-14-5-15-35-65)77-42-23-43-78(95)79(77)87/h1-54H,55H2. The highest BCUT2D eigenvalue weighted by Crippen LogP contribution is 2.45. The van der Waals surface area contributed by atoms with Crippen molar-refractivity contribution in [1.82, 2.24) is 34.5 Å². The van der Waals surface area contributed by atoms with Crippen LogP contribution in [-0.2, 0) is 11.3 Å². The molecule has 0 N–H and O–H groups in total. The summed E-state index contributed by atoms with van der Waals surface area (Å²) < 4.78 is 8.12. The number of para-hydroxylation sites is 4. The first kappa shape index (κ1) is 57.5. The van der Waals surface area contributed by atoms with Crippen molar-refractivity contribution in [3.63, 3.8) is 0 Å². The van der Waals surface area contributed by atoms with Gasteiger partial charge in [-0.3, -0.25) is 0 Å². The van der Waals surface area contributed by atoms with Gasteiger partial charge in [-0.25, -0.2) is 34.7 Å². The molecule has 0 unspecified atom stereocenters. The van der Waals surface area contributed by atoms with E-state index < -0.39 is 5.97 Å². The van der Waals surface area contributed by atoms with Crippen LogP contribution in [0, 0.1) is 0 Å². The Bertz CT molecular complexity index is 5680. The second kappa shape index (κ2) is 24.3. The van der Waals surface area contributed by atoms with Gasteiger partial charge in [-0.1, -0.05) is 231 Å². The normalized spacial score (nSPS) is 12.1. The van der Waals surface area contributed by atoms with Crippen molar-refractivity contribution in [2.24, 2.45) is 0 Å². The molecule has 0 fully saturated rings. The number of nitrogens with zero attached hydrogens (tertiary/aromatic N) is 9. The van der Waals surface area contributed by atoms with Gasteiger partial charge in [-0.2, -0.15) is 0 Å². The van der Waals surface area contributed by atoms with E-state index in [2.05, 4.69) is 190 Å². The van der Waals surface area contributed by atoms with Gasteiger partial charge in [0.2, 0.25) is 0 Å². The van der Waals surface area contributed by atoms with Gasteiger partial charge in [0, 0.05) is 78.3 Å². The predicted molar refractivity (Wildman–Crippen MR) is 395 cm³/mol. The lowest BCUT2D eigenvalue weighted by atomic mass is 9.33. The molecule has 13 aromatic carbocycles. The minimum atomic E-state index is -0.410. The van der Waals surface area contributed by atoms with Gasteiger partial charge in [0.25, 0.3) is 6.71 Å². The van der Waals surface area contributed by atoms with E-state index in [4.69, 9.17) is 34.6 Å². The molecule has 0 spiro atoms. The fraction of sp³-hybridized carbons (Fsp3) is 0.0116. The van der Waals surface area contributed by atoms with Crippen LogP contribution in [0.25, 0.3) is 107 Å². The molecule has 11 nitrogen and oxygen atoms in total. The first-order valence-corrected chi connectivity index (χ1v) is 32.8. The first-order chi connectivity index (χ1) is 48.5. The van der Waals surface area contributed by atoms with Crippen molar-refractivity contribution >= 4 is 85.0 Å². The summed E-state index contributed by atoms with van der Waals surface area (Å²) in [5.74, 6) is 2.55. The second-order valence-electron chi connectivity index (χ2n) is 24.5. The highest BCUT2D eigenvalue weighted by molar-refractivity contribution is 7.00. The molecule has 18 rings (SSSR count). The number of benzene rings is 13. The number of hydrogen-bond donors (Lipinski definition) is 0. The van der Waals surface area contributed by atoms with Crippen LogP contribution in [-0.4, -0.2) is 47.2 Å². The summed E-state index contributed by atoms with van der Waals surface area (Å²) in [6.07, 6.45) is 0. The summed E-state index contributed by atoms with van der Waals surface area (Å²) in [7, 11) is 0. The molecule has 2 aliphatic heterocycles. The van der Waals surface area contributed by atoms with E-state index in [1.165, 1.54) is 27.8 Å². The van der Waals surface area contributed by atoms with Gasteiger partial charge < -0.3 is 19.1 Å². The minimum Gasteiger partial charge on any atom is -0.457 e. The molecule has 460 valence electrons. The third-order valence-electron chi connectivity index (χ3n) is 18.6. The molecule has 16 aromatic rings. The van der Waals surface area contributed by atoms with Crippen LogP contribution in [0.15, 0.2) is 328 Å². The molecular formula is C86H56BN9O2. The van der Waals surface area contributed by atoms with Crippen LogP contribution in [0.3, 0.4) is 0 Å². The largest absolute Gasteiger partial charge is 0.457 e. The third-order valence-corrected chi connectivity index (χ3v) is 18.6. The zero-order chi connectivity index (χ0) is 65.0. The maximum Gasteiger partial charge on any atom is 0.338 e. The van der Waals surface area contributed by atoms with Crippen LogP contribution in [0.4, 0.5) is 34.1 Å². The van der Waals surface area contributed by atoms with E-state index in [1.807, 2.05) is 152 Å². The van der Waals surface area contributed by atoms with Gasteiger partial charge in [-0.05, 0) is 130 Å². The zero-order valence-electron chi connectivity index (χ0n) is 52.8. The maximum atomic E-state index is 13.9. The molecule has 0 amide bonds. The van der Waals surface area contributed by atoms with E-state index in [-0.39, 0.29) is 13.3 Å². The molecule has 2 aliphatic rings. The Hall–Kier alpha value is -13.2. The lowest BCUT2D eigenvalue weighted by Gasteiger charge is -2.44. The highest BCUT2D eigenvalue weighted by atomic mass is 16.5. The van der Waals surface area contributed by atoms with Crippen molar-refractivity contribution in [1.29, 1.82) is 0 Å². The topological polar surface area (TPSA) is 115 Å². The number of fused-ring (bicyclic) bond motifs is 7. The van der Waals surface area contributed by atoms with Crippen molar-refractivity contribution in [2.75, 3.05) is 9.80 Å². The summed E-state index contributed by atoms with van der Waals surface area (Å²) >= 11 is 0. The smallest absolute Gasteiger partial charge is 0.338 e. The molecule has 5 heterocycles. The summed E-state index contributed by atoms with van der Waals surface area (Å²) in [5, 5.41) is 1.83. The fourth-order valence-corrected chi connectivity index (χ4v) is 14.1. The average Bonchev–Trinajstić information content (AvgIpc) is 0.762. The molecular weight excluding hydrogens is 1200 g/mol. The third kappa shape index (κ3) is 10.2. The predicted octanol–water partition coefficient (Wildman–Crippen LogP) is 18.3. The van der Waals surface area contributed by atoms with E-state index in [1.54, 1.807) is 0 Å². The Labute approximate surface area is 566 Å². The molecule has 3 aromatic heterocycles.